The fourth-order valence-corrected chi connectivity index (χ4v) is 3.70. The third-order valence-corrected chi connectivity index (χ3v) is 4.05. The maximum atomic E-state index is 13.8. The Hall–Kier alpha value is -1.09. The van der Waals surface area contributed by atoms with Crippen LogP contribution in [0.15, 0.2) is 18.2 Å². The summed E-state index contributed by atoms with van der Waals surface area (Å²) >= 11 is 0. The van der Waals surface area contributed by atoms with E-state index in [4.69, 9.17) is 4.74 Å². The van der Waals surface area contributed by atoms with Gasteiger partial charge in [-0.25, -0.2) is 4.39 Å². The van der Waals surface area contributed by atoms with E-state index in [1.807, 2.05) is 0 Å². The second-order valence-electron chi connectivity index (χ2n) is 6.74. The van der Waals surface area contributed by atoms with Gasteiger partial charge in [-0.2, -0.15) is 0 Å². The van der Waals surface area contributed by atoms with Crippen molar-refractivity contribution in [3.05, 3.63) is 29.6 Å². The number of halogens is 1. The molecule has 1 aromatic rings. The van der Waals surface area contributed by atoms with Gasteiger partial charge in [0.1, 0.15) is 0 Å². The maximum Gasteiger partial charge on any atom is 0.165 e. The fourth-order valence-electron chi connectivity index (χ4n) is 3.70. The molecule has 0 aliphatic heterocycles. The molecule has 1 saturated carbocycles. The lowest BCUT2D eigenvalue weighted by molar-refractivity contribution is -0.0637. The highest BCUT2D eigenvalue weighted by molar-refractivity contribution is 5.33. The zero-order valence-corrected chi connectivity index (χ0v) is 12.2. The molecule has 0 amide bonds. The quantitative estimate of drug-likeness (QED) is 0.880. The van der Waals surface area contributed by atoms with Gasteiger partial charge in [0, 0.05) is 0 Å². The predicted molar refractivity (Wildman–Crippen MR) is 73.6 cm³/mol. The molecular weight excluding hydrogens is 243 g/mol. The van der Waals surface area contributed by atoms with Crippen LogP contribution >= 0.6 is 0 Å². The smallest absolute Gasteiger partial charge is 0.165 e. The first kappa shape index (κ1) is 14.3. The Kier molecular flexibility index (Phi) is 3.61. The van der Waals surface area contributed by atoms with Crippen LogP contribution in [0.4, 0.5) is 4.39 Å². The average Bonchev–Trinajstić information content (AvgIpc) is 2.25. The van der Waals surface area contributed by atoms with Crippen molar-refractivity contribution in [2.45, 2.75) is 45.6 Å². The lowest BCUT2D eigenvalue weighted by atomic mass is 9.64. The zero-order chi connectivity index (χ0) is 14.3. The molecule has 106 valence electrons. The summed E-state index contributed by atoms with van der Waals surface area (Å²) in [5.41, 5.74) is -0.206. The second kappa shape index (κ2) is 4.78. The second-order valence-corrected chi connectivity index (χ2v) is 6.74. The maximum absolute atomic E-state index is 13.8. The molecule has 0 radical (unpaired) electrons. The lowest BCUT2D eigenvalue weighted by Crippen LogP contribution is -2.40. The van der Waals surface area contributed by atoms with Gasteiger partial charge in [0.25, 0.3) is 0 Å². The predicted octanol–water partition coefficient (Wildman–Crippen LogP) is 3.87. The van der Waals surface area contributed by atoms with E-state index in [0.29, 0.717) is 24.3 Å². The van der Waals surface area contributed by atoms with E-state index in [0.717, 1.165) is 6.42 Å². The monoisotopic (exact) mass is 266 g/mol. The van der Waals surface area contributed by atoms with Gasteiger partial charge in [-0.05, 0) is 48.3 Å². The molecule has 1 aliphatic carbocycles. The van der Waals surface area contributed by atoms with E-state index in [1.165, 1.54) is 13.2 Å². The first-order valence-corrected chi connectivity index (χ1v) is 6.82. The van der Waals surface area contributed by atoms with Gasteiger partial charge < -0.3 is 9.84 Å². The van der Waals surface area contributed by atoms with Crippen LogP contribution in [0, 0.1) is 17.2 Å². The molecule has 2 nitrogen and oxygen atoms in total. The number of ether oxygens (including phenoxy) is 1. The Bertz CT molecular complexity index is 470. The van der Waals surface area contributed by atoms with Gasteiger partial charge >= 0.3 is 0 Å². The zero-order valence-electron chi connectivity index (χ0n) is 12.2. The number of aliphatic hydroxyl groups is 1. The first-order valence-electron chi connectivity index (χ1n) is 6.82. The van der Waals surface area contributed by atoms with Crippen LogP contribution in [0.25, 0.3) is 0 Å². The summed E-state index contributed by atoms with van der Waals surface area (Å²) in [6.45, 7) is 6.47. The minimum Gasteiger partial charge on any atom is -0.494 e. The summed E-state index contributed by atoms with van der Waals surface area (Å²) in [5, 5.41) is 10.9. The molecular formula is C16H23FO2. The number of benzene rings is 1. The van der Waals surface area contributed by atoms with Crippen molar-refractivity contribution in [3.8, 4) is 5.75 Å². The van der Waals surface area contributed by atoms with Crippen LogP contribution in [0.2, 0.25) is 0 Å². The summed E-state index contributed by atoms with van der Waals surface area (Å²) in [6.07, 6.45) is 2.44. The van der Waals surface area contributed by atoms with Gasteiger partial charge in [0.05, 0.1) is 12.7 Å². The largest absolute Gasteiger partial charge is 0.494 e. The Morgan fingerprint density at radius 1 is 1.32 bits per heavy atom. The normalized spacial score (nSPS) is 30.1. The molecule has 0 saturated heterocycles. The molecule has 2 rings (SSSR count). The molecule has 1 aromatic carbocycles. The molecule has 1 fully saturated rings. The molecule has 3 heteroatoms. The Labute approximate surface area is 114 Å². The van der Waals surface area contributed by atoms with Crippen LogP contribution in [-0.4, -0.2) is 12.2 Å². The Morgan fingerprint density at radius 2 is 2.00 bits per heavy atom. The van der Waals surface area contributed by atoms with Crippen LogP contribution in [-0.2, 0) is 5.60 Å². The summed E-state index contributed by atoms with van der Waals surface area (Å²) in [7, 11) is 1.44. The van der Waals surface area contributed by atoms with Crippen LogP contribution in [0.3, 0.4) is 0 Å². The van der Waals surface area contributed by atoms with Crippen LogP contribution < -0.4 is 4.74 Å². The van der Waals surface area contributed by atoms with Crippen molar-refractivity contribution < 1.29 is 14.2 Å². The van der Waals surface area contributed by atoms with Crippen LogP contribution in [0.1, 0.15) is 45.6 Å². The number of hydrogen-bond donors (Lipinski definition) is 1. The highest BCUT2D eigenvalue weighted by Crippen LogP contribution is 2.48. The van der Waals surface area contributed by atoms with E-state index in [2.05, 4.69) is 20.8 Å². The fraction of sp³-hybridized carbons (Fsp3) is 0.625. The lowest BCUT2D eigenvalue weighted by Gasteiger charge is -2.45. The topological polar surface area (TPSA) is 29.5 Å². The first-order chi connectivity index (χ1) is 8.76. The highest BCUT2D eigenvalue weighted by atomic mass is 19.1. The molecule has 0 bridgehead atoms. The van der Waals surface area contributed by atoms with Crippen LogP contribution in [0.5, 0.6) is 5.75 Å². The van der Waals surface area contributed by atoms with Gasteiger partial charge in [0.15, 0.2) is 11.6 Å². The van der Waals surface area contributed by atoms with Crippen molar-refractivity contribution in [2.75, 3.05) is 7.11 Å². The molecule has 1 aliphatic rings. The third-order valence-electron chi connectivity index (χ3n) is 4.05. The molecule has 0 aromatic heterocycles. The average molecular weight is 266 g/mol. The van der Waals surface area contributed by atoms with E-state index in [-0.39, 0.29) is 11.2 Å². The summed E-state index contributed by atoms with van der Waals surface area (Å²) in [5.74, 6) is 0.235. The molecule has 2 atom stereocenters. The SMILES string of the molecule is COc1ccc(C2(O)CC(C)CC(C)(C)C2)cc1F. The number of methoxy groups -OCH3 is 1. The van der Waals surface area contributed by atoms with E-state index in [9.17, 15) is 9.50 Å². The minimum absolute atomic E-state index is 0.0722. The van der Waals surface area contributed by atoms with Gasteiger partial charge in [0.2, 0.25) is 0 Å². The standard InChI is InChI=1S/C16H23FO2/c1-11-8-15(2,3)10-16(18,9-11)12-5-6-14(19-4)13(17)7-12/h5-7,11,18H,8-10H2,1-4H3. The highest BCUT2D eigenvalue weighted by Gasteiger charge is 2.42. The minimum atomic E-state index is -0.936. The van der Waals surface area contributed by atoms with E-state index < -0.39 is 11.4 Å². The molecule has 1 N–H and O–H groups in total. The Balaban J connectivity index is 2.36. The van der Waals surface area contributed by atoms with Crippen molar-refractivity contribution >= 4 is 0 Å². The van der Waals surface area contributed by atoms with E-state index in [1.54, 1.807) is 12.1 Å². The summed E-state index contributed by atoms with van der Waals surface area (Å²) in [6, 6.07) is 4.78. The van der Waals surface area contributed by atoms with Crippen molar-refractivity contribution in [1.29, 1.82) is 0 Å². The van der Waals surface area contributed by atoms with E-state index >= 15 is 0 Å². The number of hydrogen-bond acceptors (Lipinski definition) is 2. The number of rotatable bonds is 2. The van der Waals surface area contributed by atoms with Crippen molar-refractivity contribution in [2.24, 2.45) is 11.3 Å². The molecule has 0 spiro atoms. The van der Waals surface area contributed by atoms with Crippen molar-refractivity contribution in [3.63, 3.8) is 0 Å². The summed E-state index contributed by atoms with van der Waals surface area (Å²) < 4.78 is 18.8. The van der Waals surface area contributed by atoms with Crippen molar-refractivity contribution in [1.82, 2.24) is 0 Å². The molecule has 0 heterocycles. The molecule has 19 heavy (non-hydrogen) atoms. The summed E-state index contributed by atoms with van der Waals surface area (Å²) in [4.78, 5) is 0. The Morgan fingerprint density at radius 3 is 2.53 bits per heavy atom. The van der Waals surface area contributed by atoms with Gasteiger partial charge in [-0.3, -0.25) is 0 Å². The molecule has 2 unspecified atom stereocenters. The van der Waals surface area contributed by atoms with Gasteiger partial charge in [-0.15, -0.1) is 0 Å². The third kappa shape index (κ3) is 2.92. The van der Waals surface area contributed by atoms with Gasteiger partial charge in [-0.1, -0.05) is 26.8 Å².